The van der Waals surface area contributed by atoms with Gasteiger partial charge in [-0.2, -0.15) is 0 Å². The minimum atomic E-state index is -2.07. The van der Waals surface area contributed by atoms with E-state index in [9.17, 15) is 0 Å². The Labute approximate surface area is 868 Å². The number of aromatic nitrogens is 8. The molecule has 8 heterocycles. The number of nitrogens with zero attached hydrogens (tertiary/aromatic N) is 8. The summed E-state index contributed by atoms with van der Waals surface area (Å²) in [5.74, 6) is 0. The molecule has 0 atom stereocenters. The largest absolute Gasteiger partial charge is 0.305 e. The molecule has 0 fully saturated rings. The van der Waals surface area contributed by atoms with Crippen LogP contribution in [0.25, 0.3) is 135 Å². The van der Waals surface area contributed by atoms with E-state index in [4.69, 9.17) is 15.1 Å². The van der Waals surface area contributed by atoms with Gasteiger partial charge in [0, 0.05) is 145 Å². The van der Waals surface area contributed by atoms with Gasteiger partial charge in [-0.05, 0) is 176 Å². The normalized spacial score (nSPS) is 11.6. The van der Waals surface area contributed by atoms with Crippen LogP contribution in [0.2, 0.25) is 0 Å². The van der Waals surface area contributed by atoms with Gasteiger partial charge >= 0.3 is 0 Å². The number of pyridine rings is 8. The molecule has 135 heavy (non-hydrogen) atoms. The Bertz CT molecular complexity index is 6640. The van der Waals surface area contributed by atoms with Crippen LogP contribution in [-0.2, 0) is 106 Å². The zero-order valence-electron chi connectivity index (χ0n) is 86.1. The molecule has 8 aromatic heterocycles. The molecule has 0 aliphatic heterocycles. The van der Waals surface area contributed by atoms with Crippen molar-refractivity contribution in [2.45, 2.75) is 73.9 Å². The molecule has 0 spiro atoms. The van der Waals surface area contributed by atoms with Crippen molar-refractivity contribution >= 4 is 0 Å². The van der Waals surface area contributed by atoms with Crippen molar-refractivity contribution in [3.63, 3.8) is 0 Å². The van der Waals surface area contributed by atoms with Crippen LogP contribution >= 0.6 is 0 Å². The summed E-state index contributed by atoms with van der Waals surface area (Å²) < 4.78 is 82.7. The second kappa shape index (κ2) is 57.8. The van der Waals surface area contributed by atoms with Gasteiger partial charge in [0.1, 0.15) is 0 Å². The van der Waals surface area contributed by atoms with E-state index in [1.165, 1.54) is 61.1 Å². The standard InChI is InChI=1S/3C18H14N.C17H12N.4C13H12N.4Ir/c2*1-14-7-5-6-10-17(14)16-11-12-18(19-13-16)15-8-3-2-4-9-15;1-14-7-9-15(10-8-14)17-11-12-18(19-13-17)16-5-3-2-4-6-16;1-3-7-14(8-4-1)16-11-12-18-17(13-16)15-9-5-2-6-10-15;4*1-2-11-8-9-13(14-10-11)12-6-4-3-5-7-12;;;;/h2*2-8,10-13H,1H3;2-5,7-13H,1H3;1-9,11-13H;4*3-6,8-10H,2H2,1H3;;;;/q8*-1;;;;/i;;1D3;;4*2D2;;;;. The van der Waals surface area contributed by atoms with E-state index in [-0.39, 0.29) is 80.4 Å². The zero-order chi connectivity index (χ0) is 100. The molecule has 20 rings (SSSR count). The van der Waals surface area contributed by atoms with Crippen molar-refractivity contribution in [3.05, 3.63) is 531 Å². The fourth-order valence-electron chi connectivity index (χ4n) is 13.2. The Hall–Kier alpha value is -13.6. The quantitative estimate of drug-likeness (QED) is 0.0882. The van der Waals surface area contributed by atoms with Crippen LogP contribution < -0.4 is 0 Å². The summed E-state index contributed by atoms with van der Waals surface area (Å²) in [6.45, 7) is 8.28. The van der Waals surface area contributed by atoms with Crippen molar-refractivity contribution in [2.24, 2.45) is 0 Å². The zero-order valence-corrected chi connectivity index (χ0v) is 84.6. The summed E-state index contributed by atoms with van der Waals surface area (Å²) in [4.78, 5) is 34.9. The summed E-state index contributed by atoms with van der Waals surface area (Å²) in [5.41, 5.74) is 29.0. The first-order valence-corrected chi connectivity index (χ1v) is 42.7. The molecule has 12 aromatic carbocycles. The van der Waals surface area contributed by atoms with Crippen molar-refractivity contribution in [1.29, 1.82) is 0 Å². The molecule has 0 aliphatic rings. The molecular weight excluding hydrogens is 2360 g/mol. The maximum absolute atomic E-state index is 7.57. The van der Waals surface area contributed by atoms with Crippen molar-refractivity contribution in [3.8, 4) is 135 Å². The molecule has 0 aliphatic carbocycles. The second-order valence-corrected chi connectivity index (χ2v) is 29.2. The summed E-state index contributed by atoms with van der Waals surface area (Å²) >= 11 is 0. The fraction of sp³-hybridized carbons (Fsp3) is 0.0894. The molecule has 0 unspecified atom stereocenters. The fourth-order valence-corrected chi connectivity index (χ4v) is 13.2. The number of hydrogen-bond donors (Lipinski definition) is 0. The molecule has 0 N–H and O–H groups in total. The van der Waals surface area contributed by atoms with E-state index in [0.29, 0.717) is 27.8 Å². The molecule has 678 valence electrons. The van der Waals surface area contributed by atoms with Crippen molar-refractivity contribution in [1.82, 2.24) is 39.9 Å². The van der Waals surface area contributed by atoms with Gasteiger partial charge < -0.3 is 39.9 Å². The number of hydrogen-bond acceptors (Lipinski definition) is 8. The van der Waals surface area contributed by atoms with Gasteiger partial charge in [0.25, 0.3) is 0 Å². The number of benzene rings is 12. The molecule has 0 saturated carbocycles. The molecule has 0 bridgehead atoms. The van der Waals surface area contributed by atoms with Crippen molar-refractivity contribution in [2.75, 3.05) is 0 Å². The third kappa shape index (κ3) is 32.9. The van der Waals surface area contributed by atoms with Gasteiger partial charge in [-0.3, -0.25) is 0 Å². The van der Waals surface area contributed by atoms with Gasteiger partial charge in [-0.1, -0.05) is 227 Å². The minimum absolute atomic E-state index is 0. The Balaban J connectivity index is 0.000000185. The first-order chi connectivity index (χ1) is 68.4. The molecule has 0 amide bonds. The minimum Gasteiger partial charge on any atom is -0.305 e. The molecule has 12 heteroatoms. The first kappa shape index (κ1) is 89.3. The second-order valence-electron chi connectivity index (χ2n) is 29.2. The van der Waals surface area contributed by atoms with Gasteiger partial charge in [-0.15, -0.1) is 287 Å². The third-order valence-corrected chi connectivity index (χ3v) is 20.4. The van der Waals surface area contributed by atoms with Crippen LogP contribution in [0.3, 0.4) is 0 Å². The predicted molar refractivity (Wildman–Crippen MR) is 542 cm³/mol. The summed E-state index contributed by atoms with van der Waals surface area (Å²) in [6, 6.07) is 152. The Kier molecular flexibility index (Phi) is 38.2. The molecular formula is C123H102Ir4N8-8. The van der Waals surface area contributed by atoms with Gasteiger partial charge in [0.15, 0.2) is 0 Å². The number of rotatable bonds is 16. The SMILES string of the molecule is Cc1ccccc1-c1ccc(-c2[c-]cccc2)nc1.Cc1ccccc1-c1ccc(-c2[c-]cccc2)nc1.[2H]C([2H])(C)c1ccc(-c2[c-]cccc2)nc1.[2H]C([2H])(C)c1ccc(-c2[c-]cccc2)nc1.[2H]C([2H])(C)c1ccc(-c2[c-]cccc2)nc1.[2H]C([2H])(C)c1ccc(-c2[c-]cccc2)nc1.[2H]C([2H])([2H])c1ccc(-c2ccc(-c3[c-]cccc3)nc2)cc1.[Ir].[Ir].[Ir].[Ir].[c-]1ccccc1-c1cc(-c2ccccc2)ccn1. The predicted octanol–water partition coefficient (Wildman–Crippen LogP) is 30.2. The van der Waals surface area contributed by atoms with Gasteiger partial charge in [0.05, 0.1) is 0 Å². The molecule has 8 nitrogen and oxygen atoms in total. The maximum atomic E-state index is 7.57. The van der Waals surface area contributed by atoms with Gasteiger partial charge in [0.2, 0.25) is 0 Å². The molecule has 20 aromatic rings. The van der Waals surface area contributed by atoms with E-state index < -0.39 is 32.3 Å². The third-order valence-electron chi connectivity index (χ3n) is 20.4. The van der Waals surface area contributed by atoms with Crippen molar-refractivity contribution < 1.29 is 95.5 Å². The van der Waals surface area contributed by atoms with E-state index in [1.807, 2.05) is 298 Å². The van der Waals surface area contributed by atoms with E-state index in [1.54, 1.807) is 67.4 Å². The topological polar surface area (TPSA) is 103 Å². The average Bonchev–Trinajstić information content (AvgIpc) is 0.860. The average molecular weight is 2470 g/mol. The Morgan fingerprint density at radius 3 is 0.704 bits per heavy atom. The van der Waals surface area contributed by atoms with Crippen LogP contribution in [0.4, 0.5) is 0 Å². The number of aryl methyl sites for hydroxylation is 7. The van der Waals surface area contributed by atoms with E-state index in [2.05, 4.69) is 181 Å². The van der Waals surface area contributed by atoms with E-state index >= 15 is 0 Å². The van der Waals surface area contributed by atoms with E-state index in [0.717, 1.165) is 112 Å². The summed E-state index contributed by atoms with van der Waals surface area (Å²) in [5, 5.41) is 0. The molecule has 0 saturated heterocycles. The van der Waals surface area contributed by atoms with Crippen LogP contribution in [0.15, 0.2) is 444 Å². The van der Waals surface area contributed by atoms with Crippen LogP contribution in [0, 0.1) is 69.2 Å². The smallest absolute Gasteiger partial charge is 0.0314 e. The maximum Gasteiger partial charge on any atom is 0.0314 e. The monoisotopic (exact) mass is 2470 g/mol. The molecule has 4 radical (unpaired) electrons. The Morgan fingerprint density at radius 2 is 0.459 bits per heavy atom. The first-order valence-electron chi connectivity index (χ1n) is 48.2. The van der Waals surface area contributed by atoms with Crippen LogP contribution in [-0.4, -0.2) is 39.9 Å². The van der Waals surface area contributed by atoms with Gasteiger partial charge in [-0.25, -0.2) is 0 Å². The summed E-state index contributed by atoms with van der Waals surface area (Å²) in [6.07, 6.45) is 8.45. The van der Waals surface area contributed by atoms with Crippen LogP contribution in [0.1, 0.15) is 81.7 Å². The summed E-state index contributed by atoms with van der Waals surface area (Å²) in [7, 11) is 0. The van der Waals surface area contributed by atoms with Crippen LogP contribution in [0.5, 0.6) is 0 Å². The Morgan fingerprint density at radius 1 is 0.215 bits per heavy atom.